The number of benzene rings is 2. The fraction of sp³-hybridized carbons (Fsp3) is 0.235. The van der Waals surface area contributed by atoms with E-state index in [0.29, 0.717) is 5.92 Å². The summed E-state index contributed by atoms with van der Waals surface area (Å²) in [4.78, 5) is 4.71. The number of rotatable bonds is 4. The van der Waals surface area contributed by atoms with E-state index in [0.717, 1.165) is 16.7 Å². The Morgan fingerprint density at radius 2 is 1.68 bits per heavy atom. The van der Waals surface area contributed by atoms with Crippen LogP contribution in [0.5, 0.6) is 0 Å². The predicted octanol–water partition coefficient (Wildman–Crippen LogP) is 5.06. The molecule has 0 bridgehead atoms. The molecule has 98 valence electrons. The van der Waals surface area contributed by atoms with Gasteiger partial charge in [-0.3, -0.25) is 4.99 Å². The van der Waals surface area contributed by atoms with Crippen LogP contribution in [-0.2, 0) is 0 Å². The first-order valence-electron chi connectivity index (χ1n) is 6.49. The molecule has 0 spiro atoms. The van der Waals surface area contributed by atoms with Crippen LogP contribution >= 0.6 is 15.9 Å². The van der Waals surface area contributed by atoms with Crippen molar-refractivity contribution in [2.75, 3.05) is 6.54 Å². The lowest BCUT2D eigenvalue weighted by Crippen LogP contribution is -2.02. The van der Waals surface area contributed by atoms with Gasteiger partial charge in [-0.1, -0.05) is 71.4 Å². The van der Waals surface area contributed by atoms with Gasteiger partial charge in [-0.05, 0) is 24.1 Å². The minimum atomic E-state index is 0.411. The third kappa shape index (κ3) is 3.77. The van der Waals surface area contributed by atoms with E-state index in [1.807, 2.05) is 24.3 Å². The van der Waals surface area contributed by atoms with Crippen LogP contribution in [0.1, 0.15) is 30.9 Å². The van der Waals surface area contributed by atoms with Gasteiger partial charge in [0.05, 0.1) is 0 Å². The van der Waals surface area contributed by atoms with Gasteiger partial charge < -0.3 is 0 Å². The summed E-state index contributed by atoms with van der Waals surface area (Å²) in [6.45, 7) is 5.09. The number of hydrogen-bond donors (Lipinski definition) is 0. The van der Waals surface area contributed by atoms with Crippen molar-refractivity contribution < 1.29 is 0 Å². The van der Waals surface area contributed by atoms with Gasteiger partial charge in [-0.15, -0.1) is 0 Å². The van der Waals surface area contributed by atoms with Gasteiger partial charge in [0.2, 0.25) is 0 Å². The van der Waals surface area contributed by atoms with E-state index >= 15 is 0 Å². The van der Waals surface area contributed by atoms with Gasteiger partial charge in [-0.2, -0.15) is 0 Å². The van der Waals surface area contributed by atoms with Crippen LogP contribution in [0.25, 0.3) is 0 Å². The van der Waals surface area contributed by atoms with E-state index in [1.165, 1.54) is 11.1 Å². The fourth-order valence-electron chi connectivity index (χ4n) is 2.02. The van der Waals surface area contributed by atoms with Crippen molar-refractivity contribution in [1.29, 1.82) is 0 Å². The summed E-state index contributed by atoms with van der Waals surface area (Å²) in [5.74, 6) is 0.411. The van der Waals surface area contributed by atoms with Crippen molar-refractivity contribution in [3.8, 4) is 0 Å². The highest BCUT2D eigenvalue weighted by atomic mass is 79.9. The minimum absolute atomic E-state index is 0.411. The minimum Gasteiger partial charge on any atom is -0.289 e. The Hall–Kier alpha value is -1.41. The van der Waals surface area contributed by atoms with Crippen molar-refractivity contribution in [2.45, 2.75) is 19.8 Å². The highest BCUT2D eigenvalue weighted by Gasteiger charge is 2.08. The summed E-state index contributed by atoms with van der Waals surface area (Å²) in [5, 5.41) is 0. The molecule has 19 heavy (non-hydrogen) atoms. The molecule has 0 fully saturated rings. The molecule has 0 aromatic heterocycles. The second-order valence-electron chi connectivity index (χ2n) is 4.71. The lowest BCUT2D eigenvalue weighted by molar-refractivity contribution is 0.771. The van der Waals surface area contributed by atoms with Gasteiger partial charge >= 0.3 is 0 Å². The average molecular weight is 316 g/mol. The number of aliphatic imine (C=N–C) groups is 1. The number of halogens is 1. The Bertz CT molecular complexity index is 560. The Balaban J connectivity index is 2.08. The highest BCUT2D eigenvalue weighted by molar-refractivity contribution is 9.10. The molecule has 0 aliphatic rings. The van der Waals surface area contributed by atoms with Gasteiger partial charge in [0.1, 0.15) is 0 Å². The van der Waals surface area contributed by atoms with Crippen LogP contribution < -0.4 is 0 Å². The lowest BCUT2D eigenvalue weighted by Gasteiger charge is -2.12. The fourth-order valence-corrected chi connectivity index (χ4v) is 2.69. The summed E-state index contributed by atoms with van der Waals surface area (Å²) in [7, 11) is 0. The summed E-state index contributed by atoms with van der Waals surface area (Å²) in [6.07, 6.45) is 0. The van der Waals surface area contributed by atoms with Crippen LogP contribution in [-0.4, -0.2) is 12.3 Å². The van der Waals surface area contributed by atoms with Crippen LogP contribution in [0.15, 0.2) is 64.1 Å². The Morgan fingerprint density at radius 1 is 1.05 bits per heavy atom. The van der Waals surface area contributed by atoms with E-state index in [4.69, 9.17) is 4.99 Å². The first kappa shape index (κ1) is 14.0. The molecular formula is C17H18BrN. The summed E-state index contributed by atoms with van der Waals surface area (Å²) in [6, 6.07) is 18.7. The van der Waals surface area contributed by atoms with Crippen LogP contribution in [0.4, 0.5) is 0 Å². The Kier molecular flexibility index (Phi) is 4.92. The number of nitrogens with zero attached hydrogens (tertiary/aromatic N) is 1. The van der Waals surface area contributed by atoms with Crippen molar-refractivity contribution in [3.63, 3.8) is 0 Å². The van der Waals surface area contributed by atoms with Crippen molar-refractivity contribution in [2.24, 2.45) is 4.99 Å². The van der Waals surface area contributed by atoms with E-state index in [2.05, 4.69) is 60.1 Å². The molecule has 2 aromatic carbocycles. The summed E-state index contributed by atoms with van der Waals surface area (Å²) in [5.41, 5.74) is 3.61. The van der Waals surface area contributed by atoms with E-state index < -0.39 is 0 Å². The number of hydrogen-bond acceptors (Lipinski definition) is 1. The van der Waals surface area contributed by atoms with E-state index in [1.54, 1.807) is 0 Å². The van der Waals surface area contributed by atoms with Crippen LogP contribution in [0.3, 0.4) is 0 Å². The lowest BCUT2D eigenvalue weighted by atomic mass is 10.0. The molecule has 2 rings (SSSR count). The smallest absolute Gasteiger partial charge is 0.0459 e. The second kappa shape index (κ2) is 6.67. The summed E-state index contributed by atoms with van der Waals surface area (Å²) < 4.78 is 1.16. The second-order valence-corrected chi connectivity index (χ2v) is 5.57. The molecule has 1 nitrogen and oxygen atoms in total. The third-order valence-electron chi connectivity index (χ3n) is 3.23. The van der Waals surface area contributed by atoms with E-state index in [-0.39, 0.29) is 0 Å². The molecular weight excluding hydrogens is 298 g/mol. The molecule has 0 unspecified atom stereocenters. The SMILES string of the molecule is CC(=NC[C@H](C)c1ccccc1Br)c1ccccc1. The maximum atomic E-state index is 4.71. The van der Waals surface area contributed by atoms with Gasteiger partial charge in [0, 0.05) is 22.6 Å². The average Bonchev–Trinajstić information content (AvgIpc) is 2.46. The highest BCUT2D eigenvalue weighted by Crippen LogP contribution is 2.24. The molecule has 2 aromatic rings. The summed E-state index contributed by atoms with van der Waals surface area (Å²) >= 11 is 3.60. The first-order valence-corrected chi connectivity index (χ1v) is 7.28. The maximum absolute atomic E-state index is 4.71. The Morgan fingerprint density at radius 3 is 2.37 bits per heavy atom. The monoisotopic (exact) mass is 315 g/mol. The largest absolute Gasteiger partial charge is 0.289 e. The third-order valence-corrected chi connectivity index (χ3v) is 3.95. The molecule has 1 atom stereocenters. The molecule has 0 aliphatic heterocycles. The Labute approximate surface area is 123 Å². The van der Waals surface area contributed by atoms with Gasteiger partial charge in [0.15, 0.2) is 0 Å². The molecule has 0 radical (unpaired) electrons. The van der Waals surface area contributed by atoms with Gasteiger partial charge in [-0.25, -0.2) is 0 Å². The van der Waals surface area contributed by atoms with E-state index in [9.17, 15) is 0 Å². The molecule has 0 aliphatic carbocycles. The van der Waals surface area contributed by atoms with Crippen molar-refractivity contribution in [3.05, 3.63) is 70.2 Å². The van der Waals surface area contributed by atoms with Crippen LogP contribution in [0.2, 0.25) is 0 Å². The zero-order valence-electron chi connectivity index (χ0n) is 11.3. The normalized spacial score (nSPS) is 13.3. The van der Waals surface area contributed by atoms with Crippen LogP contribution in [0, 0.1) is 0 Å². The molecule has 2 heteroatoms. The molecule has 0 saturated heterocycles. The molecule has 0 saturated carbocycles. The van der Waals surface area contributed by atoms with Gasteiger partial charge in [0.25, 0.3) is 0 Å². The quantitative estimate of drug-likeness (QED) is 0.699. The molecule has 0 amide bonds. The van der Waals surface area contributed by atoms with Crippen molar-refractivity contribution in [1.82, 2.24) is 0 Å². The standard InChI is InChI=1S/C17H18BrN/c1-13(16-10-6-7-11-17(16)18)12-19-14(2)15-8-4-3-5-9-15/h3-11,13H,12H2,1-2H3/t13-/m0/s1. The first-order chi connectivity index (χ1) is 9.18. The zero-order valence-corrected chi connectivity index (χ0v) is 12.9. The molecule has 0 N–H and O–H groups in total. The molecule has 0 heterocycles. The van der Waals surface area contributed by atoms with Crippen molar-refractivity contribution >= 4 is 21.6 Å². The topological polar surface area (TPSA) is 12.4 Å². The predicted molar refractivity (Wildman–Crippen MR) is 86.1 cm³/mol. The maximum Gasteiger partial charge on any atom is 0.0459 e. The zero-order chi connectivity index (χ0) is 13.7.